The van der Waals surface area contributed by atoms with Crippen LogP contribution < -0.4 is 5.32 Å². The minimum atomic E-state index is -0.819. The van der Waals surface area contributed by atoms with Gasteiger partial charge in [-0.1, -0.05) is 24.6 Å². The first-order valence-electron chi connectivity index (χ1n) is 10.3. The Bertz CT molecular complexity index is 948. The highest BCUT2D eigenvalue weighted by atomic mass is 16.2. The molecule has 0 bridgehead atoms. The van der Waals surface area contributed by atoms with E-state index in [2.05, 4.69) is 10.4 Å². The summed E-state index contributed by atoms with van der Waals surface area (Å²) in [5.41, 5.74) is 3.31. The van der Waals surface area contributed by atoms with Crippen molar-refractivity contribution < 1.29 is 14.4 Å². The summed E-state index contributed by atoms with van der Waals surface area (Å²) in [6.45, 7) is 3.59. The minimum absolute atomic E-state index is 0.00430. The predicted molar refractivity (Wildman–Crippen MR) is 108 cm³/mol. The largest absolute Gasteiger partial charge is 0.338 e. The van der Waals surface area contributed by atoms with Crippen LogP contribution in [0.15, 0.2) is 30.3 Å². The molecule has 1 fully saturated rings. The molecule has 1 N–H and O–H groups in total. The van der Waals surface area contributed by atoms with Crippen molar-refractivity contribution in [1.82, 2.24) is 20.0 Å². The summed E-state index contributed by atoms with van der Waals surface area (Å²) in [6.07, 6.45) is 4.85. The molecule has 152 valence electrons. The van der Waals surface area contributed by atoms with E-state index in [1.54, 1.807) is 13.8 Å². The normalized spacial score (nSPS) is 19.4. The van der Waals surface area contributed by atoms with Crippen LogP contribution >= 0.6 is 0 Å². The van der Waals surface area contributed by atoms with Crippen molar-refractivity contribution in [1.29, 1.82) is 0 Å². The number of carbonyl (C=O) groups is 3. The number of imide groups is 1. The van der Waals surface area contributed by atoms with Crippen molar-refractivity contribution in [2.24, 2.45) is 0 Å². The number of carbonyl (C=O) groups excluding carboxylic acids is 3. The van der Waals surface area contributed by atoms with Gasteiger partial charge in [0.2, 0.25) is 5.91 Å². The molecule has 2 aliphatic rings. The summed E-state index contributed by atoms with van der Waals surface area (Å²) in [4.78, 5) is 39.0. The molecular weight excluding hydrogens is 368 g/mol. The number of likely N-dealkylation sites (tertiary alicyclic amines) is 1. The predicted octanol–water partition coefficient (Wildman–Crippen LogP) is 2.41. The first-order chi connectivity index (χ1) is 14.0. The van der Waals surface area contributed by atoms with Gasteiger partial charge in [-0.15, -0.1) is 0 Å². The lowest BCUT2D eigenvalue weighted by atomic mass is 10.1. The average molecular weight is 394 g/mol. The van der Waals surface area contributed by atoms with Crippen LogP contribution in [0.25, 0.3) is 5.69 Å². The molecule has 1 aliphatic carbocycles. The molecule has 7 nitrogen and oxygen atoms in total. The van der Waals surface area contributed by atoms with Crippen LogP contribution in [0, 0.1) is 0 Å². The Kier molecular flexibility index (Phi) is 5.22. The van der Waals surface area contributed by atoms with Gasteiger partial charge < -0.3 is 5.32 Å². The third kappa shape index (κ3) is 3.57. The molecule has 1 aromatic carbocycles. The summed E-state index contributed by atoms with van der Waals surface area (Å²) in [7, 11) is 0. The van der Waals surface area contributed by atoms with Crippen LogP contribution in [0.4, 0.5) is 0 Å². The minimum Gasteiger partial charge on any atom is -0.338 e. The average Bonchev–Trinajstić information content (AvgIpc) is 3.08. The van der Waals surface area contributed by atoms with Gasteiger partial charge in [-0.2, -0.15) is 5.10 Å². The van der Waals surface area contributed by atoms with Crippen LogP contribution in [-0.4, -0.2) is 44.5 Å². The van der Waals surface area contributed by atoms with Gasteiger partial charge in [0.15, 0.2) is 5.69 Å². The summed E-state index contributed by atoms with van der Waals surface area (Å²) in [5, 5.41) is 7.41. The van der Waals surface area contributed by atoms with Crippen molar-refractivity contribution in [3.63, 3.8) is 0 Å². The summed E-state index contributed by atoms with van der Waals surface area (Å²) in [6, 6.07) is 8.75. The Hall–Kier alpha value is -2.96. The maximum absolute atomic E-state index is 13.1. The zero-order valence-corrected chi connectivity index (χ0v) is 16.9. The molecular formula is C22H26N4O3. The molecule has 0 saturated carbocycles. The zero-order chi connectivity index (χ0) is 20.5. The van der Waals surface area contributed by atoms with Crippen LogP contribution in [0.2, 0.25) is 0 Å². The maximum atomic E-state index is 13.1. The summed E-state index contributed by atoms with van der Waals surface area (Å²) in [5.74, 6) is -0.967. The first kappa shape index (κ1) is 19.4. The van der Waals surface area contributed by atoms with E-state index in [1.165, 1.54) is 4.90 Å². The van der Waals surface area contributed by atoms with E-state index >= 15 is 0 Å². The Balaban J connectivity index is 1.65. The molecule has 1 saturated heterocycles. The molecule has 1 atom stereocenters. The lowest BCUT2D eigenvalue weighted by Crippen LogP contribution is -2.44. The fourth-order valence-corrected chi connectivity index (χ4v) is 4.27. The highest BCUT2D eigenvalue weighted by Crippen LogP contribution is 2.27. The molecule has 7 heteroatoms. The van der Waals surface area contributed by atoms with Gasteiger partial charge in [0, 0.05) is 17.3 Å². The van der Waals surface area contributed by atoms with Gasteiger partial charge in [0.25, 0.3) is 11.8 Å². The molecule has 1 aromatic heterocycles. The quantitative estimate of drug-likeness (QED) is 0.638. The second-order valence-corrected chi connectivity index (χ2v) is 8.01. The third-order valence-corrected chi connectivity index (χ3v) is 5.65. The Labute approximate surface area is 170 Å². The number of amides is 3. The van der Waals surface area contributed by atoms with E-state index in [1.807, 2.05) is 35.0 Å². The number of nitrogens with zero attached hydrogens (tertiary/aromatic N) is 3. The van der Waals surface area contributed by atoms with Crippen molar-refractivity contribution in [2.45, 2.75) is 64.5 Å². The lowest BCUT2D eigenvalue weighted by Gasteiger charge is -2.19. The molecule has 29 heavy (non-hydrogen) atoms. The Morgan fingerprint density at radius 2 is 1.83 bits per heavy atom. The number of hydrogen-bond donors (Lipinski definition) is 1. The second-order valence-electron chi connectivity index (χ2n) is 8.01. The van der Waals surface area contributed by atoms with Crippen LogP contribution in [0.3, 0.4) is 0 Å². The van der Waals surface area contributed by atoms with Crippen LogP contribution in [-0.2, 0) is 22.4 Å². The van der Waals surface area contributed by atoms with Gasteiger partial charge in [-0.3, -0.25) is 19.3 Å². The molecule has 0 spiro atoms. The number of nitrogens with one attached hydrogen (secondary N) is 1. The number of para-hydroxylation sites is 1. The van der Waals surface area contributed by atoms with Crippen molar-refractivity contribution >= 4 is 17.7 Å². The van der Waals surface area contributed by atoms with Gasteiger partial charge in [0.1, 0.15) is 6.04 Å². The first-order valence-corrected chi connectivity index (χ1v) is 10.3. The molecule has 0 unspecified atom stereocenters. The number of aromatic nitrogens is 2. The number of rotatable bonds is 4. The second kappa shape index (κ2) is 7.81. The third-order valence-electron chi connectivity index (χ3n) is 5.65. The number of hydrogen-bond acceptors (Lipinski definition) is 4. The summed E-state index contributed by atoms with van der Waals surface area (Å²) < 4.78 is 1.86. The Morgan fingerprint density at radius 3 is 2.52 bits per heavy atom. The molecule has 2 heterocycles. The maximum Gasteiger partial charge on any atom is 0.272 e. The van der Waals surface area contributed by atoms with Gasteiger partial charge >= 0.3 is 0 Å². The smallest absolute Gasteiger partial charge is 0.272 e. The Morgan fingerprint density at radius 1 is 1.10 bits per heavy atom. The lowest BCUT2D eigenvalue weighted by molar-refractivity contribution is -0.140. The van der Waals surface area contributed by atoms with E-state index in [9.17, 15) is 14.4 Å². The van der Waals surface area contributed by atoms with Crippen molar-refractivity contribution in [3.8, 4) is 5.69 Å². The molecule has 2 aromatic rings. The van der Waals surface area contributed by atoms with Crippen molar-refractivity contribution in [2.75, 3.05) is 0 Å². The SMILES string of the molecule is CC(C)N1C(=O)C[C@@H](NC(=O)c2nn(-c3ccccc3)c3c2CCCCC3)C1=O. The molecule has 0 radical (unpaired) electrons. The van der Waals surface area contributed by atoms with Gasteiger partial charge in [0.05, 0.1) is 12.1 Å². The van der Waals surface area contributed by atoms with Crippen molar-refractivity contribution in [3.05, 3.63) is 47.3 Å². The van der Waals surface area contributed by atoms with Crippen LogP contribution in [0.1, 0.15) is 61.3 Å². The number of benzene rings is 1. The standard InChI is InChI=1S/C22H26N4O3/c1-14(2)25-19(27)13-17(22(25)29)23-21(28)20-16-11-7-4-8-12-18(16)26(24-20)15-9-5-3-6-10-15/h3,5-6,9-10,14,17H,4,7-8,11-13H2,1-2H3,(H,23,28)/t17-/m1/s1. The van der Waals surface area contributed by atoms with E-state index < -0.39 is 6.04 Å². The number of fused-ring (bicyclic) bond motifs is 1. The summed E-state index contributed by atoms with van der Waals surface area (Å²) >= 11 is 0. The molecule has 3 amide bonds. The monoisotopic (exact) mass is 394 g/mol. The molecule has 1 aliphatic heterocycles. The topological polar surface area (TPSA) is 84.3 Å². The highest BCUT2D eigenvalue weighted by molar-refractivity contribution is 6.08. The van der Waals surface area contributed by atoms with Gasteiger partial charge in [-0.25, -0.2) is 4.68 Å². The van der Waals surface area contributed by atoms with E-state index in [4.69, 9.17) is 0 Å². The fourth-order valence-electron chi connectivity index (χ4n) is 4.27. The van der Waals surface area contributed by atoms with Gasteiger partial charge in [-0.05, 0) is 51.7 Å². The molecule has 4 rings (SSSR count). The van der Waals surface area contributed by atoms with Crippen LogP contribution in [0.5, 0.6) is 0 Å². The fraction of sp³-hybridized carbons (Fsp3) is 0.455. The highest BCUT2D eigenvalue weighted by Gasteiger charge is 2.41. The zero-order valence-electron chi connectivity index (χ0n) is 16.9. The van der Waals surface area contributed by atoms with E-state index in [-0.39, 0.29) is 30.2 Å². The van der Waals surface area contributed by atoms with E-state index in [0.717, 1.165) is 49.0 Å². The van der Waals surface area contributed by atoms with E-state index in [0.29, 0.717) is 5.69 Å².